The Morgan fingerprint density at radius 1 is 1.25 bits per heavy atom. The van der Waals surface area contributed by atoms with Gasteiger partial charge in [0.25, 0.3) is 0 Å². The molecule has 130 valence electrons. The third kappa shape index (κ3) is 3.90. The maximum atomic E-state index is 11.3. The van der Waals surface area contributed by atoms with Crippen LogP contribution in [0.4, 0.5) is 5.95 Å². The first-order valence-corrected chi connectivity index (χ1v) is 9.76. The van der Waals surface area contributed by atoms with Gasteiger partial charge in [0.2, 0.25) is 16.0 Å². The Balaban J connectivity index is 1.75. The third-order valence-electron chi connectivity index (χ3n) is 4.10. The minimum atomic E-state index is -3.16. The number of nitrogens with zero attached hydrogens (tertiary/aromatic N) is 5. The molecule has 1 N–H and O–H groups in total. The molecule has 1 aliphatic rings. The molecule has 1 saturated heterocycles. The lowest BCUT2D eigenvalue weighted by atomic mass is 10.1. The summed E-state index contributed by atoms with van der Waals surface area (Å²) in [6.45, 7) is 3.43. The Bertz CT molecular complexity index is 824. The van der Waals surface area contributed by atoms with Gasteiger partial charge >= 0.3 is 0 Å². The van der Waals surface area contributed by atoms with Crippen LogP contribution in [-0.2, 0) is 17.1 Å². The molecular weight excluding hydrogens is 328 g/mol. The minimum Gasteiger partial charge on any atom is -0.341 e. The molecule has 1 fully saturated rings. The second kappa shape index (κ2) is 6.48. The van der Waals surface area contributed by atoms with Crippen LogP contribution in [-0.4, -0.2) is 53.6 Å². The summed E-state index contributed by atoms with van der Waals surface area (Å²) in [5, 5.41) is 4.20. The average molecular weight is 350 g/mol. The molecule has 0 unspecified atom stereocenters. The van der Waals surface area contributed by atoms with Gasteiger partial charge in [0.1, 0.15) is 0 Å². The summed E-state index contributed by atoms with van der Waals surface area (Å²) < 4.78 is 27.1. The topological polar surface area (TPSA) is 93.0 Å². The molecule has 8 nitrogen and oxygen atoms in total. The molecule has 3 rings (SSSR count). The maximum absolute atomic E-state index is 11.3. The van der Waals surface area contributed by atoms with Gasteiger partial charge in [0, 0.05) is 44.1 Å². The molecule has 0 spiro atoms. The summed E-state index contributed by atoms with van der Waals surface area (Å²) in [5.41, 5.74) is 2.84. The Hall–Kier alpha value is -2.00. The smallest absolute Gasteiger partial charge is 0.225 e. The fourth-order valence-electron chi connectivity index (χ4n) is 2.92. The molecule has 0 atom stereocenters. The molecule has 0 bridgehead atoms. The van der Waals surface area contributed by atoms with Crippen molar-refractivity contribution in [2.24, 2.45) is 7.05 Å². The number of hydrogen-bond donors (Lipinski definition) is 1. The van der Waals surface area contributed by atoms with Gasteiger partial charge in [-0.1, -0.05) is 0 Å². The van der Waals surface area contributed by atoms with Gasteiger partial charge in [-0.25, -0.2) is 23.1 Å². The highest BCUT2D eigenvalue weighted by Gasteiger charge is 2.23. The van der Waals surface area contributed by atoms with E-state index < -0.39 is 10.0 Å². The van der Waals surface area contributed by atoms with Gasteiger partial charge < -0.3 is 4.90 Å². The summed E-state index contributed by atoms with van der Waals surface area (Å²) in [6.07, 6.45) is 8.23. The van der Waals surface area contributed by atoms with Crippen LogP contribution in [0.2, 0.25) is 0 Å². The summed E-state index contributed by atoms with van der Waals surface area (Å²) in [7, 11) is -1.29. The zero-order valence-corrected chi connectivity index (χ0v) is 14.9. The van der Waals surface area contributed by atoms with Crippen molar-refractivity contribution in [3.63, 3.8) is 0 Å². The highest BCUT2D eigenvalue weighted by Crippen LogP contribution is 2.24. The fourth-order valence-corrected chi connectivity index (χ4v) is 3.76. The lowest BCUT2D eigenvalue weighted by molar-refractivity contribution is 0.458. The molecule has 0 radical (unpaired) electrons. The number of aromatic nitrogens is 4. The molecule has 2 aromatic heterocycles. The predicted octanol–water partition coefficient (Wildman–Crippen LogP) is 0.704. The Kier molecular flexibility index (Phi) is 4.55. The van der Waals surface area contributed by atoms with Gasteiger partial charge in [0.05, 0.1) is 18.1 Å². The van der Waals surface area contributed by atoms with Crippen LogP contribution < -0.4 is 9.62 Å². The Labute approximate surface area is 142 Å². The van der Waals surface area contributed by atoms with Crippen LogP contribution >= 0.6 is 0 Å². The quantitative estimate of drug-likeness (QED) is 0.873. The SMILES string of the molecule is Cc1cnc(N2CCC(NS(C)(=O)=O)CC2)nc1-c1cnn(C)c1. The number of aryl methyl sites for hydroxylation is 2. The summed E-state index contributed by atoms with van der Waals surface area (Å²) in [4.78, 5) is 11.2. The number of piperidine rings is 1. The van der Waals surface area contributed by atoms with Crippen molar-refractivity contribution in [2.75, 3.05) is 24.2 Å². The lowest BCUT2D eigenvalue weighted by Gasteiger charge is -2.32. The molecule has 0 aromatic carbocycles. The molecule has 24 heavy (non-hydrogen) atoms. The molecule has 0 saturated carbocycles. The normalized spacial score (nSPS) is 16.5. The van der Waals surface area contributed by atoms with Crippen LogP contribution in [0.5, 0.6) is 0 Å². The lowest BCUT2D eigenvalue weighted by Crippen LogP contribution is -2.44. The molecule has 3 heterocycles. The summed E-state index contributed by atoms with van der Waals surface area (Å²) in [5.74, 6) is 0.678. The molecule has 2 aromatic rings. The van der Waals surface area contributed by atoms with Crippen molar-refractivity contribution in [3.8, 4) is 11.3 Å². The second-order valence-corrected chi connectivity index (χ2v) is 8.04. The van der Waals surface area contributed by atoms with Gasteiger partial charge in [-0.15, -0.1) is 0 Å². The molecule has 9 heteroatoms. The predicted molar refractivity (Wildman–Crippen MR) is 92.2 cm³/mol. The first kappa shape index (κ1) is 16.8. The van der Waals surface area contributed by atoms with Crippen LogP contribution in [0.1, 0.15) is 18.4 Å². The van der Waals surface area contributed by atoms with Crippen LogP contribution in [0.3, 0.4) is 0 Å². The van der Waals surface area contributed by atoms with E-state index in [9.17, 15) is 8.42 Å². The van der Waals surface area contributed by atoms with Crippen molar-refractivity contribution in [1.82, 2.24) is 24.5 Å². The maximum Gasteiger partial charge on any atom is 0.225 e. The number of anilines is 1. The fraction of sp³-hybridized carbons (Fsp3) is 0.533. The summed E-state index contributed by atoms with van der Waals surface area (Å²) in [6, 6.07) is -0.0144. The van der Waals surface area contributed by atoms with E-state index in [0.717, 1.165) is 42.8 Å². The number of nitrogens with one attached hydrogen (secondary N) is 1. The number of sulfonamides is 1. The zero-order valence-electron chi connectivity index (χ0n) is 14.1. The standard InChI is InChI=1S/C15H22N6O2S/c1-11-8-16-15(18-14(11)12-9-17-20(2)10-12)21-6-4-13(5-7-21)19-24(3,22)23/h8-10,13,19H,4-7H2,1-3H3. The highest BCUT2D eigenvalue weighted by molar-refractivity contribution is 7.88. The van der Waals surface area contributed by atoms with Gasteiger partial charge in [0.15, 0.2) is 0 Å². The molecule has 0 aliphatic carbocycles. The number of rotatable bonds is 4. The van der Waals surface area contributed by atoms with Crippen molar-refractivity contribution in [2.45, 2.75) is 25.8 Å². The van der Waals surface area contributed by atoms with Crippen molar-refractivity contribution >= 4 is 16.0 Å². The van der Waals surface area contributed by atoms with E-state index in [-0.39, 0.29) is 6.04 Å². The van der Waals surface area contributed by atoms with Crippen LogP contribution in [0.25, 0.3) is 11.3 Å². The first-order chi connectivity index (χ1) is 11.3. The van der Waals surface area contributed by atoms with Crippen molar-refractivity contribution < 1.29 is 8.42 Å². The van der Waals surface area contributed by atoms with Gasteiger partial charge in [-0.3, -0.25) is 4.68 Å². The van der Waals surface area contributed by atoms with E-state index in [0.29, 0.717) is 5.95 Å². The van der Waals surface area contributed by atoms with E-state index >= 15 is 0 Å². The monoisotopic (exact) mass is 350 g/mol. The van der Waals surface area contributed by atoms with Crippen LogP contribution in [0, 0.1) is 6.92 Å². The van der Waals surface area contributed by atoms with Crippen LogP contribution in [0.15, 0.2) is 18.6 Å². The minimum absolute atomic E-state index is 0.0144. The Morgan fingerprint density at radius 3 is 2.54 bits per heavy atom. The van der Waals surface area contributed by atoms with Crippen molar-refractivity contribution in [3.05, 3.63) is 24.2 Å². The first-order valence-electron chi connectivity index (χ1n) is 7.87. The largest absolute Gasteiger partial charge is 0.341 e. The van der Waals surface area contributed by atoms with Gasteiger partial charge in [-0.05, 0) is 25.3 Å². The highest BCUT2D eigenvalue weighted by atomic mass is 32.2. The van der Waals surface area contributed by atoms with E-state index in [1.807, 2.05) is 26.4 Å². The zero-order chi connectivity index (χ0) is 17.3. The third-order valence-corrected chi connectivity index (χ3v) is 4.86. The second-order valence-electron chi connectivity index (χ2n) is 6.26. The van der Waals surface area contributed by atoms with E-state index in [2.05, 4.69) is 19.7 Å². The number of hydrogen-bond acceptors (Lipinski definition) is 6. The Morgan fingerprint density at radius 2 is 1.96 bits per heavy atom. The van der Waals surface area contributed by atoms with Crippen molar-refractivity contribution in [1.29, 1.82) is 0 Å². The van der Waals surface area contributed by atoms with Gasteiger partial charge in [-0.2, -0.15) is 5.10 Å². The molecule has 0 amide bonds. The molecule has 1 aliphatic heterocycles. The van der Waals surface area contributed by atoms with E-state index in [1.165, 1.54) is 6.26 Å². The summed E-state index contributed by atoms with van der Waals surface area (Å²) >= 11 is 0. The molecular formula is C15H22N6O2S. The average Bonchev–Trinajstić information content (AvgIpc) is 2.93. The van der Waals surface area contributed by atoms with E-state index in [1.54, 1.807) is 10.9 Å². The van der Waals surface area contributed by atoms with E-state index in [4.69, 9.17) is 4.98 Å².